The van der Waals surface area contributed by atoms with Crippen molar-refractivity contribution < 1.29 is 9.53 Å². The summed E-state index contributed by atoms with van der Waals surface area (Å²) in [5.74, 6) is 0.480. The molecule has 0 aliphatic carbocycles. The molecule has 0 fully saturated rings. The van der Waals surface area contributed by atoms with Gasteiger partial charge in [-0.3, -0.25) is 4.79 Å². The molecule has 1 rings (SSSR count). The molecule has 20 heavy (non-hydrogen) atoms. The van der Waals surface area contributed by atoms with E-state index < -0.39 is 6.10 Å². The number of rotatable bonds is 8. The minimum atomic E-state index is -0.543. The van der Waals surface area contributed by atoms with Crippen LogP contribution in [0.5, 0.6) is 5.75 Å². The minimum Gasteiger partial charge on any atom is -0.481 e. The molecule has 0 aliphatic rings. The molecule has 3 N–H and O–H groups in total. The first-order valence-corrected chi connectivity index (χ1v) is 7.29. The van der Waals surface area contributed by atoms with Crippen molar-refractivity contribution in [2.75, 3.05) is 6.54 Å². The largest absolute Gasteiger partial charge is 0.481 e. The van der Waals surface area contributed by atoms with Crippen molar-refractivity contribution in [2.45, 2.75) is 39.2 Å². The predicted octanol–water partition coefficient (Wildman–Crippen LogP) is 2.39. The normalized spacial score (nSPS) is 11.7. The summed E-state index contributed by atoms with van der Waals surface area (Å²) in [4.78, 5) is 12.2. The highest BCUT2D eigenvalue weighted by Crippen LogP contribution is 2.15. The maximum absolute atomic E-state index is 11.8. The van der Waals surface area contributed by atoms with Gasteiger partial charge in [-0.15, -0.1) is 0 Å². The van der Waals surface area contributed by atoms with Crippen molar-refractivity contribution in [3.05, 3.63) is 29.8 Å². The monoisotopic (exact) mass is 294 g/mol. The number of nitrogens with one attached hydrogen (secondary N) is 1. The Bertz CT molecular complexity index is 463. The Morgan fingerprint density at radius 2 is 2.20 bits per heavy atom. The number of benzene rings is 1. The maximum Gasteiger partial charge on any atom is 0.260 e. The van der Waals surface area contributed by atoms with Crippen molar-refractivity contribution in [1.82, 2.24) is 5.32 Å². The SMILES string of the molecule is CCCCCNC(=O)C(C)Oc1cccc(C(N)=S)c1. The molecule has 5 heteroatoms. The van der Waals surface area contributed by atoms with Gasteiger partial charge in [0, 0.05) is 12.1 Å². The molecule has 0 saturated carbocycles. The molecular weight excluding hydrogens is 272 g/mol. The topological polar surface area (TPSA) is 64.3 Å². The number of unbranched alkanes of at least 4 members (excludes halogenated alkanes) is 2. The molecule has 0 spiro atoms. The Hall–Kier alpha value is -1.62. The summed E-state index contributed by atoms with van der Waals surface area (Å²) in [6.45, 7) is 4.54. The van der Waals surface area contributed by atoms with Crippen molar-refractivity contribution in [2.24, 2.45) is 5.73 Å². The fraction of sp³-hybridized carbons (Fsp3) is 0.467. The third-order valence-electron chi connectivity index (χ3n) is 2.88. The van der Waals surface area contributed by atoms with Crippen LogP contribution in [0.25, 0.3) is 0 Å². The Labute approximate surface area is 125 Å². The molecule has 1 atom stereocenters. The third kappa shape index (κ3) is 5.57. The average molecular weight is 294 g/mol. The molecule has 1 aromatic carbocycles. The van der Waals surface area contributed by atoms with Crippen LogP contribution in [0.1, 0.15) is 38.7 Å². The molecule has 1 amide bonds. The molecule has 0 bridgehead atoms. The van der Waals surface area contributed by atoms with Gasteiger partial charge in [0.25, 0.3) is 5.91 Å². The van der Waals surface area contributed by atoms with E-state index in [4.69, 9.17) is 22.7 Å². The molecule has 4 nitrogen and oxygen atoms in total. The standard InChI is InChI=1S/C15H22N2O2S/c1-3-4-5-9-17-15(18)11(2)19-13-8-6-7-12(10-13)14(16)20/h6-8,10-11H,3-5,9H2,1-2H3,(H2,16,20)(H,17,18). The van der Waals surface area contributed by atoms with E-state index in [-0.39, 0.29) is 5.91 Å². The average Bonchev–Trinajstić information content (AvgIpc) is 2.43. The van der Waals surface area contributed by atoms with Crippen LogP contribution in [0.3, 0.4) is 0 Å². The fourth-order valence-electron chi connectivity index (χ4n) is 1.71. The summed E-state index contributed by atoms with van der Waals surface area (Å²) in [7, 11) is 0. The van der Waals surface area contributed by atoms with Gasteiger partial charge < -0.3 is 15.8 Å². The van der Waals surface area contributed by atoms with E-state index in [0.717, 1.165) is 24.8 Å². The van der Waals surface area contributed by atoms with Gasteiger partial charge in [0.15, 0.2) is 6.10 Å². The summed E-state index contributed by atoms with van der Waals surface area (Å²) >= 11 is 4.91. The summed E-state index contributed by atoms with van der Waals surface area (Å²) in [6.07, 6.45) is 2.70. The first-order chi connectivity index (χ1) is 9.54. The molecular formula is C15H22N2O2S. The van der Waals surface area contributed by atoms with Crippen LogP contribution in [-0.4, -0.2) is 23.5 Å². The number of thiocarbonyl (C=S) groups is 1. The molecule has 0 aliphatic heterocycles. The van der Waals surface area contributed by atoms with E-state index in [1.807, 2.05) is 6.07 Å². The zero-order valence-corrected chi connectivity index (χ0v) is 12.8. The highest BCUT2D eigenvalue weighted by molar-refractivity contribution is 7.80. The molecule has 110 valence electrons. The Morgan fingerprint density at radius 3 is 2.85 bits per heavy atom. The lowest BCUT2D eigenvalue weighted by Crippen LogP contribution is -2.36. The van der Waals surface area contributed by atoms with Crippen LogP contribution in [0, 0.1) is 0 Å². The van der Waals surface area contributed by atoms with Crippen LogP contribution in [0.4, 0.5) is 0 Å². The second kappa shape index (κ2) is 8.53. The first kappa shape index (κ1) is 16.4. The Balaban J connectivity index is 2.48. The molecule has 0 heterocycles. The van der Waals surface area contributed by atoms with E-state index in [0.29, 0.717) is 17.3 Å². The molecule has 1 aromatic rings. The van der Waals surface area contributed by atoms with Gasteiger partial charge in [-0.2, -0.15) is 0 Å². The van der Waals surface area contributed by atoms with Gasteiger partial charge in [0.2, 0.25) is 0 Å². The zero-order chi connectivity index (χ0) is 15.0. The second-order valence-electron chi connectivity index (χ2n) is 4.65. The van der Waals surface area contributed by atoms with Crippen molar-refractivity contribution in [3.8, 4) is 5.75 Å². The van der Waals surface area contributed by atoms with Gasteiger partial charge >= 0.3 is 0 Å². The van der Waals surface area contributed by atoms with Crippen LogP contribution in [0.2, 0.25) is 0 Å². The van der Waals surface area contributed by atoms with E-state index in [1.54, 1.807) is 25.1 Å². The van der Waals surface area contributed by atoms with E-state index >= 15 is 0 Å². The Kier molecular flexibility index (Phi) is 7.01. The van der Waals surface area contributed by atoms with Gasteiger partial charge in [-0.05, 0) is 25.5 Å². The summed E-state index contributed by atoms with van der Waals surface area (Å²) in [5, 5.41) is 2.86. The summed E-state index contributed by atoms with van der Waals surface area (Å²) < 4.78 is 5.60. The van der Waals surface area contributed by atoms with Crippen molar-refractivity contribution >= 4 is 23.1 Å². The van der Waals surface area contributed by atoms with Crippen molar-refractivity contribution in [1.29, 1.82) is 0 Å². The quantitative estimate of drug-likeness (QED) is 0.571. The van der Waals surface area contributed by atoms with Crippen LogP contribution < -0.4 is 15.8 Å². The van der Waals surface area contributed by atoms with Gasteiger partial charge in [-0.25, -0.2) is 0 Å². The number of amides is 1. The van der Waals surface area contributed by atoms with Crippen LogP contribution >= 0.6 is 12.2 Å². The van der Waals surface area contributed by atoms with Crippen molar-refractivity contribution in [3.63, 3.8) is 0 Å². The third-order valence-corrected chi connectivity index (χ3v) is 3.12. The lowest BCUT2D eigenvalue weighted by molar-refractivity contribution is -0.127. The van der Waals surface area contributed by atoms with E-state index in [1.165, 1.54) is 0 Å². The van der Waals surface area contributed by atoms with Gasteiger partial charge in [0.1, 0.15) is 10.7 Å². The number of carbonyl (C=O) groups excluding carboxylic acids is 1. The number of carbonyl (C=O) groups is 1. The summed E-state index contributed by atoms with van der Waals surface area (Å²) in [6, 6.07) is 7.13. The second-order valence-corrected chi connectivity index (χ2v) is 5.09. The van der Waals surface area contributed by atoms with Crippen LogP contribution in [0.15, 0.2) is 24.3 Å². The van der Waals surface area contributed by atoms with E-state index in [2.05, 4.69) is 12.2 Å². The smallest absolute Gasteiger partial charge is 0.260 e. The lowest BCUT2D eigenvalue weighted by Gasteiger charge is -2.15. The van der Waals surface area contributed by atoms with Gasteiger partial charge in [0.05, 0.1) is 0 Å². The maximum atomic E-state index is 11.8. The molecule has 0 radical (unpaired) electrons. The highest BCUT2D eigenvalue weighted by atomic mass is 32.1. The number of ether oxygens (including phenoxy) is 1. The fourth-order valence-corrected chi connectivity index (χ4v) is 1.84. The minimum absolute atomic E-state index is 0.109. The Morgan fingerprint density at radius 1 is 1.45 bits per heavy atom. The predicted molar refractivity (Wildman–Crippen MR) is 85.0 cm³/mol. The molecule has 0 aromatic heterocycles. The molecule has 0 saturated heterocycles. The number of hydrogen-bond donors (Lipinski definition) is 2. The molecule has 1 unspecified atom stereocenters. The van der Waals surface area contributed by atoms with Crippen LogP contribution in [-0.2, 0) is 4.79 Å². The number of hydrogen-bond acceptors (Lipinski definition) is 3. The zero-order valence-electron chi connectivity index (χ0n) is 12.0. The summed E-state index contributed by atoms with van der Waals surface area (Å²) in [5.41, 5.74) is 6.29. The highest BCUT2D eigenvalue weighted by Gasteiger charge is 2.14. The first-order valence-electron chi connectivity index (χ1n) is 6.88. The van der Waals surface area contributed by atoms with Gasteiger partial charge in [-0.1, -0.05) is 44.1 Å². The number of nitrogens with two attached hydrogens (primary N) is 1. The lowest BCUT2D eigenvalue weighted by atomic mass is 10.2. The van der Waals surface area contributed by atoms with E-state index in [9.17, 15) is 4.79 Å².